The van der Waals surface area contributed by atoms with Gasteiger partial charge in [-0.15, -0.1) is 0 Å². The van der Waals surface area contributed by atoms with Crippen LogP contribution in [0.2, 0.25) is 0 Å². The van der Waals surface area contributed by atoms with Gasteiger partial charge in [0.15, 0.2) is 0 Å². The van der Waals surface area contributed by atoms with E-state index < -0.39 is 0 Å². The van der Waals surface area contributed by atoms with Crippen LogP contribution in [0.5, 0.6) is 5.75 Å². The molecule has 3 rings (SSSR count). The molecule has 1 aliphatic rings. The van der Waals surface area contributed by atoms with Crippen LogP contribution in [-0.4, -0.2) is 34.5 Å². The molecule has 0 fully saturated rings. The summed E-state index contributed by atoms with van der Waals surface area (Å²) in [6.07, 6.45) is 0.897. The molecule has 3 heteroatoms. The summed E-state index contributed by atoms with van der Waals surface area (Å²) in [6.45, 7) is 1.30. The Bertz CT molecular complexity index is 627. The highest BCUT2D eigenvalue weighted by Crippen LogP contribution is 2.46. The van der Waals surface area contributed by atoms with Gasteiger partial charge in [0, 0.05) is 25.2 Å². The van der Waals surface area contributed by atoms with Crippen molar-refractivity contribution in [1.82, 2.24) is 0 Å². The highest BCUT2D eigenvalue weighted by atomic mass is 16.5. The van der Waals surface area contributed by atoms with Gasteiger partial charge in [0.05, 0.1) is 20.3 Å². The largest absolute Gasteiger partial charge is 0.496 e. The van der Waals surface area contributed by atoms with Gasteiger partial charge in [-0.3, -0.25) is 0 Å². The van der Waals surface area contributed by atoms with Gasteiger partial charge in [-0.05, 0) is 28.8 Å². The molecule has 20 heavy (non-hydrogen) atoms. The van der Waals surface area contributed by atoms with E-state index in [1.54, 1.807) is 21.3 Å². The molecule has 0 radical (unpaired) electrons. The summed E-state index contributed by atoms with van der Waals surface area (Å²) >= 11 is 0. The summed E-state index contributed by atoms with van der Waals surface area (Å²) in [5.74, 6) is 0.957. The van der Waals surface area contributed by atoms with Crippen LogP contribution in [0.25, 0.3) is 10.8 Å². The normalized spacial score (nSPS) is 15.8. The number of methoxy groups -OCH3 is 3. The van der Waals surface area contributed by atoms with Crippen LogP contribution in [0.4, 0.5) is 0 Å². The van der Waals surface area contributed by atoms with Gasteiger partial charge in [-0.1, -0.05) is 24.3 Å². The Hall–Kier alpha value is -1.58. The molecular formula is C17H20O3. The molecule has 0 aliphatic heterocycles. The van der Waals surface area contributed by atoms with Crippen molar-refractivity contribution in [2.75, 3.05) is 34.5 Å². The number of hydrogen-bond acceptors (Lipinski definition) is 3. The zero-order valence-electron chi connectivity index (χ0n) is 12.2. The van der Waals surface area contributed by atoms with Gasteiger partial charge in [0.25, 0.3) is 0 Å². The minimum Gasteiger partial charge on any atom is -0.496 e. The van der Waals surface area contributed by atoms with Crippen molar-refractivity contribution in [2.24, 2.45) is 0 Å². The maximum Gasteiger partial charge on any atom is 0.122 e. The zero-order valence-corrected chi connectivity index (χ0v) is 12.2. The van der Waals surface area contributed by atoms with Crippen molar-refractivity contribution in [2.45, 2.75) is 11.8 Å². The van der Waals surface area contributed by atoms with Gasteiger partial charge in [-0.25, -0.2) is 0 Å². The lowest BCUT2D eigenvalue weighted by atomic mass is 9.82. The van der Waals surface area contributed by atoms with E-state index in [2.05, 4.69) is 30.3 Å². The second kappa shape index (κ2) is 5.08. The molecule has 106 valence electrons. The summed E-state index contributed by atoms with van der Waals surface area (Å²) in [6, 6.07) is 10.6. The second-order valence-electron chi connectivity index (χ2n) is 5.47. The fourth-order valence-corrected chi connectivity index (χ4v) is 3.53. The highest BCUT2D eigenvalue weighted by molar-refractivity contribution is 5.94. The molecule has 0 saturated carbocycles. The van der Waals surface area contributed by atoms with E-state index >= 15 is 0 Å². The Balaban J connectivity index is 2.25. The first kappa shape index (κ1) is 13.4. The van der Waals surface area contributed by atoms with Crippen molar-refractivity contribution in [3.8, 4) is 5.75 Å². The molecular weight excluding hydrogens is 252 g/mol. The molecule has 1 aliphatic carbocycles. The molecule has 0 saturated heterocycles. The van der Waals surface area contributed by atoms with Crippen LogP contribution >= 0.6 is 0 Å². The summed E-state index contributed by atoms with van der Waals surface area (Å²) < 4.78 is 16.5. The molecule has 2 aromatic carbocycles. The lowest BCUT2D eigenvalue weighted by Crippen LogP contribution is -2.36. The summed E-state index contributed by atoms with van der Waals surface area (Å²) in [7, 11) is 5.22. The summed E-state index contributed by atoms with van der Waals surface area (Å²) in [5.41, 5.74) is 2.47. The maximum atomic E-state index is 5.55. The third kappa shape index (κ3) is 1.81. The molecule has 0 unspecified atom stereocenters. The minimum absolute atomic E-state index is 0.111. The minimum atomic E-state index is -0.111. The number of ether oxygens (including phenoxy) is 3. The topological polar surface area (TPSA) is 27.7 Å². The zero-order chi connectivity index (χ0) is 14.2. The number of rotatable bonds is 5. The van der Waals surface area contributed by atoms with Crippen LogP contribution in [0, 0.1) is 0 Å². The Kier molecular flexibility index (Phi) is 3.40. The van der Waals surface area contributed by atoms with E-state index in [9.17, 15) is 0 Å². The van der Waals surface area contributed by atoms with Gasteiger partial charge < -0.3 is 14.2 Å². The average molecular weight is 272 g/mol. The fourth-order valence-electron chi connectivity index (χ4n) is 3.53. The third-order valence-electron chi connectivity index (χ3n) is 4.26. The number of benzene rings is 2. The Morgan fingerprint density at radius 1 is 1.00 bits per heavy atom. The van der Waals surface area contributed by atoms with Gasteiger partial charge in [-0.2, -0.15) is 0 Å². The van der Waals surface area contributed by atoms with E-state index in [0.29, 0.717) is 13.2 Å². The van der Waals surface area contributed by atoms with Crippen LogP contribution in [0.3, 0.4) is 0 Å². The molecule has 0 amide bonds. The highest BCUT2D eigenvalue weighted by Gasteiger charge is 2.41. The lowest BCUT2D eigenvalue weighted by molar-refractivity contribution is 0.0621. The van der Waals surface area contributed by atoms with Crippen molar-refractivity contribution >= 4 is 10.8 Å². The predicted octanol–water partition coefficient (Wildman–Crippen LogP) is 2.94. The molecule has 0 atom stereocenters. The van der Waals surface area contributed by atoms with E-state index in [1.165, 1.54) is 21.9 Å². The van der Waals surface area contributed by atoms with Gasteiger partial charge >= 0.3 is 0 Å². The van der Waals surface area contributed by atoms with Crippen molar-refractivity contribution in [3.63, 3.8) is 0 Å². The molecule has 0 bridgehead atoms. The van der Waals surface area contributed by atoms with E-state index in [-0.39, 0.29) is 5.41 Å². The van der Waals surface area contributed by atoms with E-state index in [4.69, 9.17) is 14.2 Å². The van der Waals surface area contributed by atoms with Crippen LogP contribution in [0.15, 0.2) is 30.3 Å². The summed E-state index contributed by atoms with van der Waals surface area (Å²) in [4.78, 5) is 0. The fraction of sp³-hybridized carbons (Fsp3) is 0.412. The van der Waals surface area contributed by atoms with Crippen molar-refractivity contribution in [3.05, 3.63) is 41.5 Å². The molecule has 0 heterocycles. The smallest absolute Gasteiger partial charge is 0.122 e. The SMILES string of the molecule is COCC1(COC)Cc2c(OC)ccc3cccc1c23. The van der Waals surface area contributed by atoms with E-state index in [0.717, 1.165) is 12.2 Å². The summed E-state index contributed by atoms with van der Waals surface area (Å²) in [5, 5.41) is 2.56. The Morgan fingerprint density at radius 3 is 2.40 bits per heavy atom. The van der Waals surface area contributed by atoms with Crippen LogP contribution in [-0.2, 0) is 21.3 Å². The average Bonchev–Trinajstić information content (AvgIpc) is 2.77. The number of hydrogen-bond donors (Lipinski definition) is 0. The Labute approximate surface area is 119 Å². The molecule has 0 spiro atoms. The molecule has 3 nitrogen and oxygen atoms in total. The quantitative estimate of drug-likeness (QED) is 0.837. The first-order chi connectivity index (χ1) is 9.75. The Morgan fingerprint density at radius 2 is 1.75 bits per heavy atom. The van der Waals surface area contributed by atoms with E-state index in [1.807, 2.05) is 0 Å². The molecule has 0 N–H and O–H groups in total. The van der Waals surface area contributed by atoms with Crippen LogP contribution in [0.1, 0.15) is 11.1 Å². The van der Waals surface area contributed by atoms with Crippen LogP contribution < -0.4 is 4.74 Å². The van der Waals surface area contributed by atoms with Gasteiger partial charge in [0.1, 0.15) is 5.75 Å². The molecule has 2 aromatic rings. The third-order valence-corrected chi connectivity index (χ3v) is 4.26. The maximum absolute atomic E-state index is 5.55. The lowest BCUT2D eigenvalue weighted by Gasteiger charge is -2.29. The second-order valence-corrected chi connectivity index (χ2v) is 5.47. The first-order valence-corrected chi connectivity index (χ1v) is 6.83. The first-order valence-electron chi connectivity index (χ1n) is 6.83. The molecule has 0 aromatic heterocycles. The van der Waals surface area contributed by atoms with Crippen molar-refractivity contribution in [1.29, 1.82) is 0 Å². The van der Waals surface area contributed by atoms with Crippen molar-refractivity contribution < 1.29 is 14.2 Å². The monoisotopic (exact) mass is 272 g/mol. The predicted molar refractivity (Wildman–Crippen MR) is 79.6 cm³/mol. The standard InChI is InChI=1S/C17H20O3/c1-18-10-17(11-19-2)9-13-15(20-3)8-7-12-5-4-6-14(17)16(12)13/h4-8H,9-11H2,1-3H3. The van der Waals surface area contributed by atoms with Gasteiger partial charge in [0.2, 0.25) is 0 Å².